The molecule has 1 aromatic carbocycles. The van der Waals surface area contributed by atoms with Crippen LogP contribution in [0.4, 0.5) is 0 Å². The van der Waals surface area contributed by atoms with Crippen LogP contribution in [0.2, 0.25) is 5.02 Å². The van der Waals surface area contributed by atoms with E-state index in [1.54, 1.807) is 0 Å². The number of nitrogens with one attached hydrogen (secondary N) is 1. The summed E-state index contributed by atoms with van der Waals surface area (Å²) in [6.45, 7) is 4.62. The fourth-order valence-corrected chi connectivity index (χ4v) is 3.14. The van der Waals surface area contributed by atoms with Crippen LogP contribution in [0.3, 0.4) is 0 Å². The molecule has 0 bridgehead atoms. The summed E-state index contributed by atoms with van der Waals surface area (Å²) in [5, 5.41) is 4.02. The molecule has 3 rings (SSSR count). The number of hydrogen-bond donors (Lipinski definition) is 1. The molecule has 4 nitrogen and oxygen atoms in total. The third kappa shape index (κ3) is 2.09. The SMILES string of the molecule is CCn1c(=O)n(C2CCNCC2)c2ccc(Cl)cc21. The number of fused-ring (bicyclic) bond motifs is 1. The van der Waals surface area contributed by atoms with Gasteiger partial charge < -0.3 is 5.32 Å². The molecule has 1 aliphatic heterocycles. The van der Waals surface area contributed by atoms with Gasteiger partial charge in [-0.1, -0.05) is 11.6 Å². The van der Waals surface area contributed by atoms with Gasteiger partial charge in [-0.3, -0.25) is 9.13 Å². The zero-order valence-electron chi connectivity index (χ0n) is 11.0. The summed E-state index contributed by atoms with van der Waals surface area (Å²) in [6.07, 6.45) is 2.01. The lowest BCUT2D eigenvalue weighted by Crippen LogP contribution is -2.34. The second kappa shape index (κ2) is 5.02. The van der Waals surface area contributed by atoms with E-state index in [4.69, 9.17) is 11.6 Å². The summed E-state index contributed by atoms with van der Waals surface area (Å²) in [5.74, 6) is 0. The van der Waals surface area contributed by atoms with Crippen LogP contribution in [0.5, 0.6) is 0 Å². The highest BCUT2D eigenvalue weighted by molar-refractivity contribution is 6.31. The van der Waals surface area contributed by atoms with E-state index in [0.717, 1.165) is 37.0 Å². The Morgan fingerprint density at radius 1 is 1.32 bits per heavy atom. The molecule has 5 heteroatoms. The third-order valence-electron chi connectivity index (χ3n) is 3.91. The van der Waals surface area contributed by atoms with Gasteiger partial charge >= 0.3 is 5.69 Å². The molecule has 0 saturated carbocycles. The quantitative estimate of drug-likeness (QED) is 0.917. The average molecular weight is 280 g/mol. The maximum Gasteiger partial charge on any atom is 0.329 e. The molecule has 1 saturated heterocycles. The molecule has 19 heavy (non-hydrogen) atoms. The van der Waals surface area contributed by atoms with Crippen molar-refractivity contribution in [3.63, 3.8) is 0 Å². The topological polar surface area (TPSA) is 39.0 Å². The van der Waals surface area contributed by atoms with E-state index >= 15 is 0 Å². The lowest BCUT2D eigenvalue weighted by Gasteiger charge is -2.23. The van der Waals surface area contributed by atoms with Gasteiger partial charge in [0.25, 0.3) is 0 Å². The summed E-state index contributed by atoms with van der Waals surface area (Å²) in [7, 11) is 0. The summed E-state index contributed by atoms with van der Waals surface area (Å²) >= 11 is 6.06. The summed E-state index contributed by atoms with van der Waals surface area (Å²) < 4.78 is 3.76. The van der Waals surface area contributed by atoms with Gasteiger partial charge in [0.05, 0.1) is 11.0 Å². The molecule has 2 aromatic rings. The van der Waals surface area contributed by atoms with Crippen LogP contribution in [0.1, 0.15) is 25.8 Å². The van der Waals surface area contributed by atoms with Crippen molar-refractivity contribution in [2.24, 2.45) is 0 Å². The average Bonchev–Trinajstić information content (AvgIpc) is 2.70. The first-order valence-electron chi connectivity index (χ1n) is 6.83. The number of aromatic nitrogens is 2. The Balaban J connectivity index is 2.23. The number of hydrogen-bond acceptors (Lipinski definition) is 2. The second-order valence-electron chi connectivity index (χ2n) is 5.01. The van der Waals surface area contributed by atoms with Gasteiger partial charge in [-0.2, -0.15) is 0 Å². The standard InChI is InChI=1S/C14H18ClN3O/c1-2-17-13-9-10(15)3-4-12(13)18(14(17)19)11-5-7-16-8-6-11/h3-4,9,11,16H,2,5-8H2,1H3. The number of aryl methyl sites for hydroxylation is 1. The molecule has 1 fully saturated rings. The van der Waals surface area contributed by atoms with Crippen LogP contribution in [0, 0.1) is 0 Å². The monoisotopic (exact) mass is 279 g/mol. The zero-order valence-corrected chi connectivity index (χ0v) is 11.8. The maximum absolute atomic E-state index is 12.6. The van der Waals surface area contributed by atoms with Crippen LogP contribution in [-0.2, 0) is 6.54 Å². The van der Waals surface area contributed by atoms with Crippen LogP contribution < -0.4 is 11.0 Å². The van der Waals surface area contributed by atoms with E-state index in [-0.39, 0.29) is 5.69 Å². The van der Waals surface area contributed by atoms with Gasteiger partial charge in [-0.25, -0.2) is 4.79 Å². The fraction of sp³-hybridized carbons (Fsp3) is 0.500. The van der Waals surface area contributed by atoms with Gasteiger partial charge in [0, 0.05) is 17.6 Å². The number of imidazole rings is 1. The van der Waals surface area contributed by atoms with Crippen molar-refractivity contribution in [2.75, 3.05) is 13.1 Å². The molecule has 0 spiro atoms. The molecule has 0 unspecified atom stereocenters. The minimum Gasteiger partial charge on any atom is -0.317 e. The maximum atomic E-state index is 12.6. The Bertz CT molecular complexity index is 652. The molecule has 1 aliphatic rings. The highest BCUT2D eigenvalue weighted by Crippen LogP contribution is 2.25. The van der Waals surface area contributed by atoms with Crippen molar-refractivity contribution < 1.29 is 0 Å². The van der Waals surface area contributed by atoms with E-state index in [2.05, 4.69) is 5.32 Å². The Morgan fingerprint density at radius 3 is 2.74 bits per heavy atom. The van der Waals surface area contributed by atoms with Crippen LogP contribution in [0.25, 0.3) is 11.0 Å². The number of halogens is 1. The van der Waals surface area contributed by atoms with Crippen molar-refractivity contribution in [1.29, 1.82) is 0 Å². The smallest absolute Gasteiger partial charge is 0.317 e. The van der Waals surface area contributed by atoms with Gasteiger partial charge in [0.2, 0.25) is 0 Å². The van der Waals surface area contributed by atoms with Crippen molar-refractivity contribution in [1.82, 2.24) is 14.5 Å². The fourth-order valence-electron chi connectivity index (χ4n) is 2.98. The highest BCUT2D eigenvalue weighted by atomic mass is 35.5. The van der Waals surface area contributed by atoms with E-state index in [9.17, 15) is 4.79 Å². The van der Waals surface area contributed by atoms with E-state index in [1.807, 2.05) is 34.3 Å². The Labute approximate surface area is 117 Å². The number of nitrogens with zero attached hydrogens (tertiary/aromatic N) is 2. The lowest BCUT2D eigenvalue weighted by atomic mass is 10.1. The first-order chi connectivity index (χ1) is 9.22. The van der Waals surface area contributed by atoms with E-state index < -0.39 is 0 Å². The van der Waals surface area contributed by atoms with Crippen LogP contribution in [0.15, 0.2) is 23.0 Å². The third-order valence-corrected chi connectivity index (χ3v) is 4.15. The number of rotatable bonds is 2. The molecule has 0 amide bonds. The van der Waals surface area contributed by atoms with Gasteiger partial charge in [-0.05, 0) is 51.1 Å². The van der Waals surface area contributed by atoms with Gasteiger partial charge in [0.15, 0.2) is 0 Å². The van der Waals surface area contributed by atoms with Crippen molar-refractivity contribution in [3.05, 3.63) is 33.7 Å². The predicted octanol–water partition coefficient (Wildman–Crippen LogP) is 2.40. The molecular formula is C14H18ClN3O. The first-order valence-corrected chi connectivity index (χ1v) is 7.21. The first kappa shape index (κ1) is 12.8. The summed E-state index contributed by atoms with van der Waals surface area (Å²) in [4.78, 5) is 12.6. The number of piperidine rings is 1. The molecule has 0 atom stereocenters. The largest absolute Gasteiger partial charge is 0.329 e. The van der Waals surface area contributed by atoms with Gasteiger partial charge in [0.1, 0.15) is 0 Å². The molecular weight excluding hydrogens is 262 g/mol. The Hall–Kier alpha value is -1.26. The lowest BCUT2D eigenvalue weighted by molar-refractivity contribution is 0.365. The predicted molar refractivity (Wildman–Crippen MR) is 78.0 cm³/mol. The van der Waals surface area contributed by atoms with Crippen molar-refractivity contribution >= 4 is 22.6 Å². The molecule has 1 aromatic heterocycles. The van der Waals surface area contributed by atoms with Crippen LogP contribution in [-0.4, -0.2) is 22.2 Å². The number of benzene rings is 1. The Kier molecular flexibility index (Phi) is 3.37. The molecule has 0 radical (unpaired) electrons. The van der Waals surface area contributed by atoms with Crippen molar-refractivity contribution in [2.45, 2.75) is 32.4 Å². The second-order valence-corrected chi connectivity index (χ2v) is 5.45. The van der Waals surface area contributed by atoms with Gasteiger partial charge in [-0.15, -0.1) is 0 Å². The minimum absolute atomic E-state index is 0.0895. The van der Waals surface area contributed by atoms with E-state index in [0.29, 0.717) is 17.6 Å². The zero-order chi connectivity index (χ0) is 13.4. The highest BCUT2D eigenvalue weighted by Gasteiger charge is 2.21. The minimum atomic E-state index is 0.0895. The molecule has 102 valence electrons. The van der Waals surface area contributed by atoms with Crippen LogP contribution >= 0.6 is 11.6 Å². The summed E-state index contributed by atoms with van der Waals surface area (Å²) in [6, 6.07) is 6.01. The normalized spacial score (nSPS) is 17.2. The summed E-state index contributed by atoms with van der Waals surface area (Å²) in [5.41, 5.74) is 2.04. The molecule has 1 N–H and O–H groups in total. The van der Waals surface area contributed by atoms with Crippen molar-refractivity contribution in [3.8, 4) is 0 Å². The Morgan fingerprint density at radius 2 is 2.05 bits per heavy atom. The molecule has 0 aliphatic carbocycles. The van der Waals surface area contributed by atoms with E-state index in [1.165, 1.54) is 0 Å². The molecule has 2 heterocycles.